The highest BCUT2D eigenvalue weighted by atomic mass is 28.3. The standard InChI is InChI=1S/C73H49NOSi/c1-5-22-50(23-6-1)64-47-52(51-24-21-31-58(46-51)76(57-29-11-4-12-30-57)71-38-19-15-34-62(71)63-35-16-20-39-72(63)76)40-44-68(64)74(55-42-45-70-65(48-55)61-33-14-18-37-69(61)75-70)56-41-43-60-59-32-13-17-36-66(59)73(67(60)49-56,53-25-7-2-8-26-53)54-27-9-3-10-28-54/h1-49H. The first-order valence-corrected chi connectivity index (χ1v) is 28.3. The van der Waals surface area contributed by atoms with Crippen LogP contribution in [0.2, 0.25) is 0 Å². The van der Waals surface area contributed by atoms with Crippen molar-refractivity contribution in [2.45, 2.75) is 5.41 Å². The molecule has 1 aromatic heterocycles. The van der Waals surface area contributed by atoms with Gasteiger partial charge in [-0.05, 0) is 130 Å². The van der Waals surface area contributed by atoms with E-state index >= 15 is 0 Å². The molecule has 0 spiro atoms. The molecule has 1 aliphatic heterocycles. The Kier molecular flexibility index (Phi) is 10.2. The Labute approximate surface area is 444 Å². The molecule has 356 valence electrons. The predicted molar refractivity (Wildman–Crippen MR) is 319 cm³/mol. The zero-order chi connectivity index (χ0) is 50.2. The summed E-state index contributed by atoms with van der Waals surface area (Å²) in [6.07, 6.45) is 0. The van der Waals surface area contributed by atoms with Gasteiger partial charge in [-0.3, -0.25) is 0 Å². The molecule has 0 saturated heterocycles. The van der Waals surface area contributed by atoms with Crippen molar-refractivity contribution in [3.05, 3.63) is 320 Å². The molecule has 76 heavy (non-hydrogen) atoms. The molecule has 15 rings (SSSR count). The number of furan rings is 1. The molecule has 0 amide bonds. The molecule has 0 radical (unpaired) electrons. The van der Waals surface area contributed by atoms with Gasteiger partial charge in [0.2, 0.25) is 0 Å². The fourth-order valence-corrected chi connectivity index (χ4v) is 18.5. The van der Waals surface area contributed by atoms with Gasteiger partial charge >= 0.3 is 0 Å². The fraction of sp³-hybridized carbons (Fsp3) is 0.0137. The highest BCUT2D eigenvalue weighted by Crippen LogP contribution is 2.57. The number of rotatable bonds is 9. The average molecular weight is 984 g/mol. The first-order chi connectivity index (χ1) is 37.7. The fourth-order valence-electron chi connectivity index (χ4n) is 13.3. The van der Waals surface area contributed by atoms with Crippen LogP contribution in [0.25, 0.3) is 66.4 Å². The minimum absolute atomic E-state index is 0.571. The third kappa shape index (κ3) is 6.52. The topological polar surface area (TPSA) is 16.4 Å². The molecule has 0 fully saturated rings. The number of hydrogen-bond donors (Lipinski definition) is 0. The molecule has 0 unspecified atom stereocenters. The van der Waals surface area contributed by atoms with E-state index in [1.54, 1.807) is 0 Å². The van der Waals surface area contributed by atoms with E-state index in [0.29, 0.717) is 0 Å². The summed E-state index contributed by atoms with van der Waals surface area (Å²) < 4.78 is 6.48. The number of nitrogens with zero attached hydrogens (tertiary/aromatic N) is 1. The Morgan fingerprint density at radius 3 is 1.55 bits per heavy atom. The summed E-state index contributed by atoms with van der Waals surface area (Å²) in [5.41, 5.74) is 19.2. The Morgan fingerprint density at radius 1 is 0.303 bits per heavy atom. The predicted octanol–water partition coefficient (Wildman–Crippen LogP) is 16.1. The van der Waals surface area contributed by atoms with Gasteiger partial charge in [-0.25, -0.2) is 0 Å². The van der Waals surface area contributed by atoms with Gasteiger partial charge in [0.05, 0.1) is 11.1 Å². The van der Waals surface area contributed by atoms with Crippen LogP contribution in [-0.2, 0) is 5.41 Å². The number of fused-ring (bicyclic) bond motifs is 9. The van der Waals surface area contributed by atoms with Crippen molar-refractivity contribution in [2.75, 3.05) is 4.90 Å². The Balaban J connectivity index is 0.970. The van der Waals surface area contributed by atoms with Crippen LogP contribution in [0.1, 0.15) is 22.3 Å². The van der Waals surface area contributed by atoms with Crippen molar-refractivity contribution < 1.29 is 4.42 Å². The van der Waals surface area contributed by atoms with Gasteiger partial charge in [0.25, 0.3) is 0 Å². The molecule has 0 atom stereocenters. The first kappa shape index (κ1) is 44.0. The second kappa shape index (κ2) is 17.6. The van der Waals surface area contributed by atoms with E-state index in [-0.39, 0.29) is 0 Å². The van der Waals surface area contributed by atoms with Crippen LogP contribution < -0.4 is 25.6 Å². The summed E-state index contributed by atoms with van der Waals surface area (Å²) >= 11 is 0. The maximum atomic E-state index is 6.48. The quantitative estimate of drug-likeness (QED) is 0.134. The van der Waals surface area contributed by atoms with Gasteiger partial charge < -0.3 is 9.32 Å². The van der Waals surface area contributed by atoms with Crippen LogP contribution in [0.4, 0.5) is 17.1 Å². The molecular weight excluding hydrogens is 935 g/mol. The van der Waals surface area contributed by atoms with Gasteiger partial charge in [0, 0.05) is 27.7 Å². The van der Waals surface area contributed by atoms with Crippen LogP contribution >= 0.6 is 0 Å². The molecule has 1 aliphatic carbocycles. The lowest BCUT2D eigenvalue weighted by Gasteiger charge is -2.35. The summed E-state index contributed by atoms with van der Waals surface area (Å²) in [4.78, 5) is 2.48. The zero-order valence-electron chi connectivity index (χ0n) is 41.6. The molecular formula is C73H49NOSi. The molecule has 3 heteroatoms. The third-order valence-electron chi connectivity index (χ3n) is 16.4. The van der Waals surface area contributed by atoms with Gasteiger partial charge in [-0.15, -0.1) is 0 Å². The molecule has 13 aromatic rings. The van der Waals surface area contributed by atoms with Crippen molar-refractivity contribution in [1.82, 2.24) is 0 Å². The van der Waals surface area contributed by atoms with E-state index in [1.807, 2.05) is 6.07 Å². The SMILES string of the molecule is c1ccc(-c2cc(-c3cccc([Si]4(c5ccccc5)c5ccccc5-c5ccccc54)c3)ccc2N(c2ccc3c(c2)C(c2ccccc2)(c2ccccc2)c2ccccc2-3)c2ccc3oc4ccccc4c3c2)cc1. The van der Waals surface area contributed by atoms with Crippen molar-refractivity contribution in [3.63, 3.8) is 0 Å². The molecule has 2 nitrogen and oxygen atoms in total. The van der Waals surface area contributed by atoms with Crippen molar-refractivity contribution in [1.29, 1.82) is 0 Å². The smallest absolute Gasteiger partial charge is 0.180 e. The summed E-state index contributed by atoms with van der Waals surface area (Å²) in [7, 11) is -2.73. The van der Waals surface area contributed by atoms with Gasteiger partial charge in [-0.1, -0.05) is 249 Å². The van der Waals surface area contributed by atoms with Crippen LogP contribution in [0.5, 0.6) is 0 Å². The van der Waals surface area contributed by atoms with Crippen molar-refractivity contribution >= 4 is 67.8 Å². The van der Waals surface area contributed by atoms with Crippen LogP contribution in [0.3, 0.4) is 0 Å². The minimum atomic E-state index is -2.73. The molecule has 2 heterocycles. The summed E-state index contributed by atoms with van der Waals surface area (Å²) in [6, 6.07) is 111. The zero-order valence-corrected chi connectivity index (χ0v) is 42.6. The Hall–Kier alpha value is -9.54. The molecule has 2 aliphatic rings. The largest absolute Gasteiger partial charge is 0.456 e. The van der Waals surface area contributed by atoms with E-state index in [4.69, 9.17) is 4.42 Å². The molecule has 12 aromatic carbocycles. The van der Waals surface area contributed by atoms with E-state index in [1.165, 1.54) is 70.8 Å². The lowest BCUT2D eigenvalue weighted by atomic mass is 9.67. The van der Waals surface area contributed by atoms with Crippen molar-refractivity contribution in [3.8, 4) is 44.5 Å². The van der Waals surface area contributed by atoms with Gasteiger partial charge in [-0.2, -0.15) is 0 Å². The first-order valence-electron chi connectivity index (χ1n) is 26.3. The van der Waals surface area contributed by atoms with E-state index in [2.05, 4.69) is 296 Å². The van der Waals surface area contributed by atoms with Gasteiger partial charge in [0.15, 0.2) is 8.07 Å². The highest BCUT2D eigenvalue weighted by molar-refractivity contribution is 7.22. The maximum absolute atomic E-state index is 6.48. The van der Waals surface area contributed by atoms with Crippen LogP contribution in [0.15, 0.2) is 302 Å². The molecule has 0 saturated carbocycles. The van der Waals surface area contributed by atoms with E-state index in [0.717, 1.165) is 55.7 Å². The number of para-hydroxylation sites is 1. The Bertz CT molecular complexity index is 4270. The second-order valence-electron chi connectivity index (χ2n) is 20.3. The van der Waals surface area contributed by atoms with Crippen molar-refractivity contribution in [2.24, 2.45) is 0 Å². The maximum Gasteiger partial charge on any atom is 0.180 e. The Morgan fingerprint density at radius 2 is 0.829 bits per heavy atom. The number of benzene rings is 12. The summed E-state index contributed by atoms with van der Waals surface area (Å²) in [5.74, 6) is 0. The van der Waals surface area contributed by atoms with Crippen LogP contribution in [0, 0.1) is 0 Å². The second-order valence-corrected chi connectivity index (χ2v) is 24.0. The van der Waals surface area contributed by atoms with E-state index in [9.17, 15) is 0 Å². The van der Waals surface area contributed by atoms with Gasteiger partial charge in [0.1, 0.15) is 11.2 Å². The minimum Gasteiger partial charge on any atom is -0.456 e. The molecule has 0 N–H and O–H groups in total. The third-order valence-corrected chi connectivity index (χ3v) is 21.3. The molecule has 0 bridgehead atoms. The number of hydrogen-bond acceptors (Lipinski definition) is 2. The summed E-state index contributed by atoms with van der Waals surface area (Å²) in [5, 5.41) is 7.83. The summed E-state index contributed by atoms with van der Waals surface area (Å²) in [6.45, 7) is 0. The van der Waals surface area contributed by atoms with Crippen LogP contribution in [-0.4, -0.2) is 8.07 Å². The normalized spacial score (nSPS) is 13.5. The monoisotopic (exact) mass is 983 g/mol. The lowest BCUT2D eigenvalue weighted by Crippen LogP contribution is -2.72. The lowest BCUT2D eigenvalue weighted by molar-refractivity contribution is 0.669. The number of anilines is 3. The highest BCUT2D eigenvalue weighted by Gasteiger charge is 2.49. The van der Waals surface area contributed by atoms with E-state index < -0.39 is 13.5 Å². The average Bonchev–Trinajstić information content (AvgIpc) is 4.30.